The van der Waals surface area contributed by atoms with Gasteiger partial charge in [0.05, 0.1) is 22.4 Å². The van der Waals surface area contributed by atoms with Crippen LogP contribution in [0.2, 0.25) is 0 Å². The number of hydrogen-bond acceptors (Lipinski definition) is 3. The monoisotopic (exact) mass is 639 g/mol. The second-order valence-electron chi connectivity index (χ2n) is 12.6. The topological polar surface area (TPSA) is 43.9 Å². The van der Waals surface area contributed by atoms with Gasteiger partial charge in [-0.1, -0.05) is 115 Å². The summed E-state index contributed by atoms with van der Waals surface area (Å²) in [6.07, 6.45) is 0. The molecule has 0 aliphatic rings. The molecule has 0 unspecified atom stereocenters. The van der Waals surface area contributed by atoms with E-state index >= 15 is 0 Å². The van der Waals surface area contributed by atoms with Gasteiger partial charge in [-0.3, -0.25) is 0 Å². The molecule has 4 nitrogen and oxygen atoms in total. The van der Waals surface area contributed by atoms with Crippen LogP contribution in [0.15, 0.2) is 180 Å². The second-order valence-corrected chi connectivity index (χ2v) is 12.6. The van der Waals surface area contributed by atoms with Crippen molar-refractivity contribution in [3.05, 3.63) is 176 Å². The number of benzene rings is 7. The summed E-state index contributed by atoms with van der Waals surface area (Å²) in [6.45, 7) is 0. The molecule has 0 aliphatic carbocycles. The van der Waals surface area contributed by atoms with Gasteiger partial charge in [0, 0.05) is 43.9 Å². The molecule has 0 atom stereocenters. The Balaban J connectivity index is 1.04. The second kappa shape index (κ2) is 11.4. The maximum atomic E-state index is 6.06. The van der Waals surface area contributed by atoms with Gasteiger partial charge in [-0.2, -0.15) is 0 Å². The summed E-state index contributed by atoms with van der Waals surface area (Å²) in [5.74, 6) is 0.691. The van der Waals surface area contributed by atoms with E-state index in [0.29, 0.717) is 5.82 Å². The third-order valence-corrected chi connectivity index (χ3v) is 9.65. The predicted molar refractivity (Wildman–Crippen MR) is 205 cm³/mol. The minimum Gasteiger partial charge on any atom is -0.456 e. The zero-order valence-corrected chi connectivity index (χ0v) is 27.0. The first-order valence-electron chi connectivity index (χ1n) is 16.8. The summed E-state index contributed by atoms with van der Waals surface area (Å²) in [4.78, 5) is 10.2. The molecule has 10 aromatic rings. The summed E-state index contributed by atoms with van der Waals surface area (Å²) < 4.78 is 8.39. The smallest absolute Gasteiger partial charge is 0.160 e. The van der Waals surface area contributed by atoms with Gasteiger partial charge in [-0.05, 0) is 71.8 Å². The van der Waals surface area contributed by atoms with Crippen molar-refractivity contribution in [2.75, 3.05) is 0 Å². The van der Waals surface area contributed by atoms with Crippen LogP contribution >= 0.6 is 0 Å². The van der Waals surface area contributed by atoms with Crippen molar-refractivity contribution >= 4 is 43.7 Å². The summed E-state index contributed by atoms with van der Waals surface area (Å²) in [5.41, 5.74) is 12.4. The lowest BCUT2D eigenvalue weighted by Crippen LogP contribution is -1.97. The average Bonchev–Trinajstić information content (AvgIpc) is 3.74. The van der Waals surface area contributed by atoms with Gasteiger partial charge in [-0.25, -0.2) is 9.97 Å². The fourth-order valence-corrected chi connectivity index (χ4v) is 7.18. The Labute approximate surface area is 288 Å². The minimum absolute atomic E-state index is 0.691. The number of hydrogen-bond donors (Lipinski definition) is 0. The van der Waals surface area contributed by atoms with Crippen LogP contribution in [0.5, 0.6) is 0 Å². The minimum atomic E-state index is 0.691. The largest absolute Gasteiger partial charge is 0.456 e. The SMILES string of the molecule is c1ccc(-c2cc(-c3ccc(-c4ccc5oc6ccccc6c5c4)cc3)nc(-c3ccc(-n4c5ccccc5c5ccccc54)cc3)n2)cc1. The molecule has 3 aromatic heterocycles. The Morgan fingerprint density at radius 2 is 0.880 bits per heavy atom. The molecule has 7 aromatic carbocycles. The molecular formula is C46H29N3O. The van der Waals surface area contributed by atoms with Gasteiger partial charge in [0.1, 0.15) is 11.2 Å². The number of rotatable bonds is 5. The highest BCUT2D eigenvalue weighted by molar-refractivity contribution is 6.09. The third-order valence-electron chi connectivity index (χ3n) is 9.65. The van der Waals surface area contributed by atoms with Crippen LogP contribution in [0.4, 0.5) is 0 Å². The molecule has 3 heterocycles. The lowest BCUT2D eigenvalue weighted by Gasteiger charge is -2.12. The maximum absolute atomic E-state index is 6.06. The first kappa shape index (κ1) is 28.3. The van der Waals surface area contributed by atoms with Crippen molar-refractivity contribution in [2.24, 2.45) is 0 Å². The van der Waals surface area contributed by atoms with Crippen LogP contribution < -0.4 is 0 Å². The van der Waals surface area contributed by atoms with Crippen LogP contribution in [0.3, 0.4) is 0 Å². The average molecular weight is 640 g/mol. The Hall–Kier alpha value is -6.78. The van der Waals surface area contributed by atoms with E-state index in [9.17, 15) is 0 Å². The normalized spacial score (nSPS) is 11.6. The quantitative estimate of drug-likeness (QED) is 0.188. The molecule has 4 heteroatoms. The molecule has 234 valence electrons. The Morgan fingerprint density at radius 1 is 0.360 bits per heavy atom. The van der Waals surface area contributed by atoms with E-state index in [2.05, 4.69) is 150 Å². The van der Waals surface area contributed by atoms with E-state index in [1.165, 1.54) is 21.8 Å². The van der Waals surface area contributed by atoms with Crippen molar-refractivity contribution in [2.45, 2.75) is 0 Å². The van der Waals surface area contributed by atoms with Gasteiger partial charge in [0.2, 0.25) is 0 Å². The summed E-state index contributed by atoms with van der Waals surface area (Å²) >= 11 is 0. The molecular weight excluding hydrogens is 611 g/mol. The number of aromatic nitrogens is 3. The lowest BCUT2D eigenvalue weighted by molar-refractivity contribution is 0.669. The maximum Gasteiger partial charge on any atom is 0.160 e. The predicted octanol–water partition coefficient (Wildman–Crippen LogP) is 12.1. The van der Waals surface area contributed by atoms with Gasteiger partial charge < -0.3 is 8.98 Å². The third kappa shape index (κ3) is 4.69. The van der Waals surface area contributed by atoms with Crippen LogP contribution in [-0.2, 0) is 0 Å². The van der Waals surface area contributed by atoms with E-state index in [4.69, 9.17) is 14.4 Å². The molecule has 50 heavy (non-hydrogen) atoms. The molecule has 0 bridgehead atoms. The van der Waals surface area contributed by atoms with Gasteiger partial charge in [-0.15, -0.1) is 0 Å². The molecule has 0 saturated heterocycles. The molecule has 0 saturated carbocycles. The number of nitrogens with zero attached hydrogens (tertiary/aromatic N) is 3. The fraction of sp³-hybridized carbons (Fsp3) is 0. The highest BCUT2D eigenvalue weighted by Crippen LogP contribution is 2.35. The lowest BCUT2D eigenvalue weighted by atomic mass is 10.00. The van der Waals surface area contributed by atoms with Crippen molar-refractivity contribution < 1.29 is 4.42 Å². The van der Waals surface area contributed by atoms with Crippen LogP contribution in [0.25, 0.3) is 94.5 Å². The number of para-hydroxylation sites is 3. The summed E-state index contributed by atoms with van der Waals surface area (Å²) in [7, 11) is 0. The van der Waals surface area contributed by atoms with Crippen LogP contribution in [0, 0.1) is 0 Å². The van der Waals surface area contributed by atoms with E-state index in [1.54, 1.807) is 0 Å². The van der Waals surface area contributed by atoms with Crippen molar-refractivity contribution in [1.82, 2.24) is 14.5 Å². The fourth-order valence-electron chi connectivity index (χ4n) is 7.18. The van der Waals surface area contributed by atoms with E-state index in [1.807, 2.05) is 30.3 Å². The Morgan fingerprint density at radius 3 is 1.58 bits per heavy atom. The Kier molecular flexibility index (Phi) is 6.46. The molecule has 0 fully saturated rings. The molecule has 0 spiro atoms. The highest BCUT2D eigenvalue weighted by Gasteiger charge is 2.15. The van der Waals surface area contributed by atoms with Gasteiger partial charge >= 0.3 is 0 Å². The number of fused-ring (bicyclic) bond motifs is 6. The molecule has 0 amide bonds. The van der Waals surface area contributed by atoms with E-state index in [-0.39, 0.29) is 0 Å². The van der Waals surface area contributed by atoms with Gasteiger partial charge in [0.15, 0.2) is 5.82 Å². The first-order chi connectivity index (χ1) is 24.8. The molecule has 10 rings (SSSR count). The van der Waals surface area contributed by atoms with Crippen molar-refractivity contribution in [1.29, 1.82) is 0 Å². The summed E-state index contributed by atoms with van der Waals surface area (Å²) in [5, 5.41) is 4.75. The van der Waals surface area contributed by atoms with Crippen LogP contribution in [-0.4, -0.2) is 14.5 Å². The summed E-state index contributed by atoms with van der Waals surface area (Å²) in [6, 6.07) is 61.4. The van der Waals surface area contributed by atoms with Crippen molar-refractivity contribution in [3.8, 4) is 50.7 Å². The zero-order valence-electron chi connectivity index (χ0n) is 27.0. The van der Waals surface area contributed by atoms with E-state index in [0.717, 1.165) is 66.8 Å². The highest BCUT2D eigenvalue weighted by atomic mass is 16.3. The standard InChI is InChI=1S/C46H29N3O/c1-2-10-31(11-3-1)40-29-41(32-20-18-30(19-21-32)34-24-27-45-39(28-34)38-14-6-9-17-44(38)50-45)48-46(47-40)33-22-25-35(26-23-33)49-42-15-7-4-12-36(42)37-13-5-8-16-43(37)49/h1-29H. The van der Waals surface area contributed by atoms with E-state index < -0.39 is 0 Å². The molecule has 0 N–H and O–H groups in total. The molecule has 0 aliphatic heterocycles. The van der Waals surface area contributed by atoms with Gasteiger partial charge in [0.25, 0.3) is 0 Å². The number of furan rings is 1. The first-order valence-corrected chi connectivity index (χ1v) is 16.8. The van der Waals surface area contributed by atoms with Crippen LogP contribution in [0.1, 0.15) is 0 Å². The van der Waals surface area contributed by atoms with Crippen molar-refractivity contribution in [3.63, 3.8) is 0 Å². The molecule has 0 radical (unpaired) electrons. The zero-order chi connectivity index (χ0) is 33.0. The Bertz CT molecular complexity index is 2790.